The third-order valence-electron chi connectivity index (χ3n) is 2.77. The lowest BCUT2D eigenvalue weighted by Crippen LogP contribution is -2.25. The van der Waals surface area contributed by atoms with E-state index >= 15 is 0 Å². The minimum Gasteiger partial charge on any atom is -0.399 e. The van der Waals surface area contributed by atoms with E-state index in [2.05, 4.69) is 10.6 Å². The molecule has 5 heteroatoms. The third-order valence-corrected chi connectivity index (χ3v) is 2.77. The number of anilines is 2. The van der Waals surface area contributed by atoms with E-state index in [-0.39, 0.29) is 11.7 Å². The van der Waals surface area contributed by atoms with E-state index in [4.69, 9.17) is 5.73 Å². The van der Waals surface area contributed by atoms with Gasteiger partial charge in [0.1, 0.15) is 5.82 Å². The van der Waals surface area contributed by atoms with Gasteiger partial charge in [0.15, 0.2) is 0 Å². The fourth-order valence-electron chi connectivity index (χ4n) is 1.72. The molecule has 1 fully saturated rings. The molecule has 0 saturated heterocycles. The summed E-state index contributed by atoms with van der Waals surface area (Å²) in [6, 6.07) is 4.75. The largest absolute Gasteiger partial charge is 0.399 e. The fourth-order valence-corrected chi connectivity index (χ4v) is 1.72. The fraction of sp³-hybridized carbons (Fsp3) is 0.462. The summed E-state index contributed by atoms with van der Waals surface area (Å²) in [5.74, 6) is -0.262. The average Bonchev–Trinajstić information content (AvgIpc) is 3.07. The van der Waals surface area contributed by atoms with Crippen LogP contribution in [0.3, 0.4) is 0 Å². The molecule has 0 radical (unpaired) electrons. The molecule has 98 valence electrons. The van der Waals surface area contributed by atoms with Gasteiger partial charge in [0.25, 0.3) is 0 Å². The molecule has 0 aromatic heterocycles. The predicted octanol–water partition coefficient (Wildman–Crippen LogP) is 1.88. The summed E-state index contributed by atoms with van der Waals surface area (Å²) in [6.07, 6.45) is 3.42. The summed E-state index contributed by atoms with van der Waals surface area (Å²) in [4.78, 5) is 11.4. The van der Waals surface area contributed by atoms with Crippen molar-refractivity contribution in [1.29, 1.82) is 0 Å². The molecule has 0 spiro atoms. The van der Waals surface area contributed by atoms with E-state index < -0.39 is 0 Å². The maximum atomic E-state index is 13.0. The number of benzene rings is 1. The van der Waals surface area contributed by atoms with Crippen LogP contribution in [-0.2, 0) is 4.79 Å². The Morgan fingerprint density at radius 2 is 2.17 bits per heavy atom. The Kier molecular flexibility index (Phi) is 4.02. The van der Waals surface area contributed by atoms with Crippen molar-refractivity contribution in [2.24, 2.45) is 0 Å². The molecule has 0 heterocycles. The highest BCUT2D eigenvalue weighted by Crippen LogP contribution is 2.19. The molecule has 18 heavy (non-hydrogen) atoms. The monoisotopic (exact) mass is 251 g/mol. The molecular weight excluding hydrogens is 233 g/mol. The van der Waals surface area contributed by atoms with Crippen molar-refractivity contribution < 1.29 is 9.18 Å². The third kappa shape index (κ3) is 4.24. The van der Waals surface area contributed by atoms with Crippen molar-refractivity contribution >= 4 is 17.3 Å². The Balaban J connectivity index is 1.66. The molecule has 1 aliphatic rings. The lowest BCUT2D eigenvalue weighted by atomic mass is 10.2. The molecule has 0 aliphatic heterocycles. The van der Waals surface area contributed by atoms with E-state index in [0.29, 0.717) is 30.4 Å². The Bertz CT molecular complexity index is 412. The molecule has 0 atom stereocenters. The maximum absolute atomic E-state index is 13.0. The minimum atomic E-state index is -0.357. The van der Waals surface area contributed by atoms with Gasteiger partial charge in [-0.1, -0.05) is 0 Å². The molecule has 0 unspecified atom stereocenters. The summed E-state index contributed by atoms with van der Waals surface area (Å²) in [5.41, 5.74) is 6.57. The van der Waals surface area contributed by atoms with Gasteiger partial charge < -0.3 is 16.4 Å². The number of nitrogen functional groups attached to an aromatic ring is 1. The highest BCUT2D eigenvalue weighted by Gasteiger charge is 2.22. The number of carbonyl (C=O) groups is 1. The van der Waals surface area contributed by atoms with Crippen LogP contribution in [0, 0.1) is 5.82 Å². The molecule has 4 N–H and O–H groups in total. The van der Waals surface area contributed by atoms with Crippen LogP contribution in [0.1, 0.15) is 25.7 Å². The van der Waals surface area contributed by atoms with Crippen LogP contribution in [0.5, 0.6) is 0 Å². The summed E-state index contributed by atoms with van der Waals surface area (Å²) in [5, 5.41) is 5.97. The van der Waals surface area contributed by atoms with Crippen molar-refractivity contribution in [1.82, 2.24) is 5.32 Å². The maximum Gasteiger partial charge on any atom is 0.220 e. The van der Waals surface area contributed by atoms with Gasteiger partial charge in [0.05, 0.1) is 0 Å². The van der Waals surface area contributed by atoms with Gasteiger partial charge in [0, 0.05) is 30.4 Å². The quantitative estimate of drug-likeness (QED) is 0.534. The predicted molar refractivity (Wildman–Crippen MR) is 69.7 cm³/mol. The summed E-state index contributed by atoms with van der Waals surface area (Å²) >= 11 is 0. The number of hydrogen-bond donors (Lipinski definition) is 3. The Morgan fingerprint density at radius 1 is 1.39 bits per heavy atom. The first kappa shape index (κ1) is 12.7. The van der Waals surface area contributed by atoms with E-state index in [1.165, 1.54) is 12.1 Å². The van der Waals surface area contributed by atoms with Crippen LogP contribution in [-0.4, -0.2) is 18.5 Å². The van der Waals surface area contributed by atoms with E-state index in [1.807, 2.05) is 0 Å². The van der Waals surface area contributed by atoms with Crippen molar-refractivity contribution in [2.45, 2.75) is 31.7 Å². The number of nitrogens with one attached hydrogen (secondary N) is 2. The Labute approximate surface area is 106 Å². The van der Waals surface area contributed by atoms with Crippen molar-refractivity contribution in [2.75, 3.05) is 17.6 Å². The molecule has 1 aromatic carbocycles. The van der Waals surface area contributed by atoms with Gasteiger partial charge in [0.2, 0.25) is 5.91 Å². The Morgan fingerprint density at radius 3 is 2.83 bits per heavy atom. The standard InChI is InChI=1S/C13H18FN3O/c14-9-6-10(15)8-12(7-9)16-5-1-2-13(18)17-11-3-4-11/h6-8,11,16H,1-5,15H2,(H,17,18). The molecule has 1 amide bonds. The lowest BCUT2D eigenvalue weighted by molar-refractivity contribution is -0.121. The van der Waals surface area contributed by atoms with Gasteiger partial charge in [-0.25, -0.2) is 4.39 Å². The van der Waals surface area contributed by atoms with E-state index in [9.17, 15) is 9.18 Å². The number of rotatable bonds is 6. The van der Waals surface area contributed by atoms with Crippen LogP contribution < -0.4 is 16.4 Å². The van der Waals surface area contributed by atoms with E-state index in [0.717, 1.165) is 19.3 Å². The van der Waals surface area contributed by atoms with Crippen molar-refractivity contribution in [3.63, 3.8) is 0 Å². The molecule has 1 aromatic rings. The SMILES string of the molecule is Nc1cc(F)cc(NCCCC(=O)NC2CC2)c1. The molecule has 4 nitrogen and oxygen atoms in total. The van der Waals surface area contributed by atoms with Gasteiger partial charge in [-0.2, -0.15) is 0 Å². The first-order valence-corrected chi connectivity index (χ1v) is 6.23. The highest BCUT2D eigenvalue weighted by atomic mass is 19.1. The first-order valence-electron chi connectivity index (χ1n) is 6.23. The van der Waals surface area contributed by atoms with Gasteiger partial charge in [-0.15, -0.1) is 0 Å². The molecule has 1 aliphatic carbocycles. The molecule has 2 rings (SSSR count). The van der Waals surface area contributed by atoms with Gasteiger partial charge >= 0.3 is 0 Å². The van der Waals surface area contributed by atoms with Crippen LogP contribution in [0.2, 0.25) is 0 Å². The number of halogens is 1. The van der Waals surface area contributed by atoms with Crippen LogP contribution in [0.25, 0.3) is 0 Å². The second kappa shape index (κ2) is 5.71. The smallest absolute Gasteiger partial charge is 0.220 e. The second-order valence-corrected chi connectivity index (χ2v) is 4.65. The van der Waals surface area contributed by atoms with Crippen LogP contribution in [0.15, 0.2) is 18.2 Å². The number of nitrogens with two attached hydrogens (primary N) is 1. The molecule has 0 bridgehead atoms. The zero-order chi connectivity index (χ0) is 13.0. The topological polar surface area (TPSA) is 67.1 Å². The van der Waals surface area contributed by atoms with E-state index in [1.54, 1.807) is 6.07 Å². The van der Waals surface area contributed by atoms with Crippen molar-refractivity contribution in [3.05, 3.63) is 24.0 Å². The molecule has 1 saturated carbocycles. The number of carbonyl (C=O) groups excluding carboxylic acids is 1. The summed E-state index contributed by atoms with van der Waals surface area (Å²) in [7, 11) is 0. The van der Waals surface area contributed by atoms with Crippen molar-refractivity contribution in [3.8, 4) is 0 Å². The zero-order valence-electron chi connectivity index (χ0n) is 10.2. The van der Waals surface area contributed by atoms with Crippen LogP contribution in [0.4, 0.5) is 15.8 Å². The number of hydrogen-bond acceptors (Lipinski definition) is 3. The van der Waals surface area contributed by atoms with Crippen LogP contribution >= 0.6 is 0 Å². The lowest BCUT2D eigenvalue weighted by Gasteiger charge is -2.07. The summed E-state index contributed by atoms with van der Waals surface area (Å²) < 4.78 is 13.0. The first-order chi connectivity index (χ1) is 8.63. The minimum absolute atomic E-state index is 0.0954. The summed E-state index contributed by atoms with van der Waals surface area (Å²) in [6.45, 7) is 0.626. The van der Waals surface area contributed by atoms with Gasteiger partial charge in [-0.3, -0.25) is 4.79 Å². The number of amides is 1. The Hall–Kier alpha value is -1.78. The zero-order valence-corrected chi connectivity index (χ0v) is 10.2. The normalized spacial score (nSPS) is 14.3. The van der Waals surface area contributed by atoms with Gasteiger partial charge in [-0.05, 0) is 37.5 Å². The second-order valence-electron chi connectivity index (χ2n) is 4.65. The molecular formula is C13H18FN3O. The highest BCUT2D eigenvalue weighted by molar-refractivity contribution is 5.76. The average molecular weight is 251 g/mol.